The summed E-state index contributed by atoms with van der Waals surface area (Å²) in [5, 5.41) is 20.5. The van der Waals surface area contributed by atoms with Gasteiger partial charge in [-0.2, -0.15) is 0 Å². The summed E-state index contributed by atoms with van der Waals surface area (Å²) in [6, 6.07) is 0. The molecule has 3 saturated heterocycles. The summed E-state index contributed by atoms with van der Waals surface area (Å²) >= 11 is 0. The van der Waals surface area contributed by atoms with Crippen molar-refractivity contribution in [3.05, 3.63) is 0 Å². The molecule has 0 amide bonds. The first-order chi connectivity index (χ1) is 12.0. The molecule has 12 heteroatoms. The number of aliphatic hydroxyl groups excluding tert-OH is 2. The third-order valence-corrected chi connectivity index (χ3v) is 7.21. The Kier molecular flexibility index (Phi) is 6.03. The maximum atomic E-state index is 12.7. The van der Waals surface area contributed by atoms with Crippen LogP contribution in [0, 0.1) is 0 Å². The van der Waals surface area contributed by atoms with Crippen molar-refractivity contribution in [1.29, 1.82) is 0 Å². The van der Waals surface area contributed by atoms with Gasteiger partial charge in [0.1, 0.15) is 36.6 Å². The van der Waals surface area contributed by atoms with E-state index in [1.807, 2.05) is 0 Å². The van der Waals surface area contributed by atoms with Crippen LogP contribution in [0.4, 0.5) is 0 Å². The highest BCUT2D eigenvalue weighted by Gasteiger charge is 2.49. The molecule has 3 rings (SSSR count). The summed E-state index contributed by atoms with van der Waals surface area (Å²) in [7, 11) is -7.15. The highest BCUT2D eigenvalue weighted by Crippen LogP contribution is 2.52. The van der Waals surface area contributed by atoms with Crippen molar-refractivity contribution in [2.75, 3.05) is 26.5 Å². The van der Waals surface area contributed by atoms with E-state index >= 15 is 0 Å². The Hall–Kier alpha value is 0.140. The topological polar surface area (TPSA) is 130 Å². The van der Waals surface area contributed by atoms with Crippen molar-refractivity contribution in [1.82, 2.24) is 0 Å². The Morgan fingerprint density at radius 1 is 0.769 bits per heavy atom. The number of aliphatic hydroxyl groups is 2. The highest BCUT2D eigenvalue weighted by atomic mass is 31.2. The van der Waals surface area contributed by atoms with Crippen molar-refractivity contribution in [3.63, 3.8) is 0 Å². The van der Waals surface area contributed by atoms with Gasteiger partial charge in [0.25, 0.3) is 0 Å². The molecule has 10 atom stereocenters. The molecule has 0 bridgehead atoms. The summed E-state index contributed by atoms with van der Waals surface area (Å²) < 4.78 is 58.3. The average Bonchev–Trinajstić information content (AvgIpc) is 2.95. The first-order valence-corrected chi connectivity index (χ1v) is 12.4. The largest absolute Gasteiger partial charge is 0.388 e. The predicted molar refractivity (Wildman–Crippen MR) is 89.4 cm³/mol. The van der Waals surface area contributed by atoms with Gasteiger partial charge in [0.05, 0.1) is 25.4 Å². The first-order valence-electron chi connectivity index (χ1n) is 8.47. The van der Waals surface area contributed by atoms with Crippen molar-refractivity contribution in [3.8, 4) is 0 Å². The van der Waals surface area contributed by atoms with Gasteiger partial charge in [0, 0.05) is 13.3 Å². The molecule has 3 heterocycles. The van der Waals surface area contributed by atoms with Crippen LogP contribution in [0.1, 0.15) is 13.8 Å². The van der Waals surface area contributed by atoms with Crippen LogP contribution in [-0.2, 0) is 36.7 Å². The minimum Gasteiger partial charge on any atom is -0.388 e. The van der Waals surface area contributed by atoms with Crippen LogP contribution in [0.3, 0.4) is 0 Å². The summed E-state index contributed by atoms with van der Waals surface area (Å²) in [5.74, 6) is 0. The van der Waals surface area contributed by atoms with E-state index in [-0.39, 0.29) is 13.2 Å². The normalized spacial score (nSPS) is 56.2. The number of fused-ring (bicyclic) bond motifs is 2. The summed E-state index contributed by atoms with van der Waals surface area (Å²) in [6.07, 6.45) is -6.78. The van der Waals surface area contributed by atoms with Gasteiger partial charge in [-0.25, -0.2) is 0 Å². The zero-order chi connectivity index (χ0) is 19.3. The van der Waals surface area contributed by atoms with Gasteiger partial charge in [-0.3, -0.25) is 18.2 Å². The van der Waals surface area contributed by atoms with Crippen molar-refractivity contribution in [2.45, 2.75) is 62.7 Å². The Morgan fingerprint density at radius 3 is 1.46 bits per heavy atom. The molecular weight excluding hydrogens is 390 g/mol. The lowest BCUT2D eigenvalue weighted by Gasteiger charge is -2.29. The van der Waals surface area contributed by atoms with E-state index in [0.29, 0.717) is 0 Å². The maximum Gasteiger partial charge on any atom is 0.328 e. The number of hydrogen-bond donors (Lipinski definition) is 2. The highest BCUT2D eigenvalue weighted by molar-refractivity contribution is 7.53. The third-order valence-electron chi connectivity index (χ3n) is 4.72. The van der Waals surface area contributed by atoms with Crippen LogP contribution < -0.4 is 0 Å². The molecule has 0 aliphatic carbocycles. The van der Waals surface area contributed by atoms with Gasteiger partial charge in [-0.15, -0.1) is 0 Å². The fourth-order valence-corrected chi connectivity index (χ4v) is 5.65. The van der Waals surface area contributed by atoms with Gasteiger partial charge in [0.2, 0.25) is 0 Å². The Labute approximate surface area is 152 Å². The van der Waals surface area contributed by atoms with Crippen molar-refractivity contribution >= 4 is 15.2 Å². The number of hydrogen-bond acceptors (Lipinski definition) is 10. The van der Waals surface area contributed by atoms with Crippen molar-refractivity contribution < 1.29 is 46.9 Å². The monoisotopic (exact) mass is 416 g/mol. The Morgan fingerprint density at radius 2 is 1.12 bits per heavy atom. The van der Waals surface area contributed by atoms with Crippen LogP contribution in [0.5, 0.6) is 0 Å². The van der Waals surface area contributed by atoms with E-state index in [4.69, 9.17) is 27.6 Å². The maximum absolute atomic E-state index is 12.7. The lowest BCUT2D eigenvalue weighted by molar-refractivity contribution is -0.0368. The van der Waals surface area contributed by atoms with Gasteiger partial charge in [-0.05, 0) is 13.8 Å². The zero-order valence-electron chi connectivity index (χ0n) is 15.1. The number of rotatable bonds is 0. The van der Waals surface area contributed by atoms with E-state index in [1.165, 1.54) is 13.3 Å². The molecule has 3 aliphatic heterocycles. The van der Waals surface area contributed by atoms with E-state index in [0.717, 1.165) is 0 Å². The average molecular weight is 416 g/mol. The minimum atomic E-state index is -3.58. The SMILES string of the molecule is C[C@@H]1O[C@@H]2COP(C)(=O)OC3[C@@H](COP(C)(=O)O[C@@H]2C1O)O[C@@H](C)[C@H]3O. The smallest absolute Gasteiger partial charge is 0.328 e. The molecule has 0 aromatic heterocycles. The Balaban J connectivity index is 1.85. The minimum absolute atomic E-state index is 0.205. The second kappa shape index (κ2) is 7.52. The zero-order valence-corrected chi connectivity index (χ0v) is 16.9. The fourth-order valence-electron chi connectivity index (χ4n) is 3.29. The molecule has 4 unspecified atom stereocenters. The summed E-state index contributed by atoms with van der Waals surface area (Å²) in [5.41, 5.74) is 0. The van der Waals surface area contributed by atoms with Crippen LogP contribution >= 0.6 is 15.2 Å². The molecule has 0 radical (unpaired) electrons. The van der Waals surface area contributed by atoms with Crippen LogP contribution in [0.25, 0.3) is 0 Å². The first kappa shape index (κ1) is 20.9. The van der Waals surface area contributed by atoms with Gasteiger partial charge >= 0.3 is 15.2 Å². The van der Waals surface area contributed by atoms with Gasteiger partial charge < -0.3 is 28.7 Å². The van der Waals surface area contributed by atoms with E-state index in [1.54, 1.807) is 13.8 Å². The lowest BCUT2D eigenvalue weighted by Crippen LogP contribution is -2.39. The summed E-state index contributed by atoms with van der Waals surface area (Å²) in [6.45, 7) is 5.42. The van der Waals surface area contributed by atoms with E-state index in [2.05, 4.69) is 0 Å². The molecule has 26 heavy (non-hydrogen) atoms. The molecule has 3 aliphatic rings. The molecular formula is C14H26O10P2. The third kappa shape index (κ3) is 4.41. The lowest BCUT2D eigenvalue weighted by atomic mass is 10.1. The molecule has 0 saturated carbocycles. The standard InChI is InChI=1S/C14H26O10P2/c1-7-11(15)13-9(21-7)5-19-26(4,18)24-14-10(22-8(2)12(14)16)6-20-25(3,17)23-13/h7-16H,5-6H2,1-4H3/t7-,8-,9+,10+,11+,12?,13?,14-,25?,26?/m0/s1. The number of ether oxygens (including phenoxy) is 2. The van der Waals surface area contributed by atoms with Crippen LogP contribution in [-0.4, -0.2) is 85.6 Å². The summed E-state index contributed by atoms with van der Waals surface area (Å²) in [4.78, 5) is 0. The van der Waals surface area contributed by atoms with Gasteiger partial charge in [0.15, 0.2) is 0 Å². The molecule has 0 aromatic carbocycles. The Bertz CT molecular complexity index is 563. The molecule has 0 spiro atoms. The molecule has 2 N–H and O–H groups in total. The second-order valence-electron chi connectivity index (χ2n) is 7.01. The molecule has 152 valence electrons. The molecule has 0 aromatic rings. The molecule has 3 fully saturated rings. The van der Waals surface area contributed by atoms with Crippen LogP contribution in [0.2, 0.25) is 0 Å². The second-order valence-corrected chi connectivity index (χ2v) is 11.0. The fraction of sp³-hybridized carbons (Fsp3) is 1.00. The van der Waals surface area contributed by atoms with E-state index < -0.39 is 64.0 Å². The van der Waals surface area contributed by atoms with E-state index in [9.17, 15) is 19.3 Å². The van der Waals surface area contributed by atoms with Crippen LogP contribution in [0.15, 0.2) is 0 Å². The molecule has 10 nitrogen and oxygen atoms in total. The van der Waals surface area contributed by atoms with Gasteiger partial charge in [-0.1, -0.05) is 0 Å². The van der Waals surface area contributed by atoms with Crippen molar-refractivity contribution in [2.24, 2.45) is 0 Å². The quantitative estimate of drug-likeness (QED) is 0.546. The predicted octanol–water partition coefficient (Wildman–Crippen LogP) is 0.746.